The molecule has 24 heavy (non-hydrogen) atoms. The van der Waals surface area contributed by atoms with Gasteiger partial charge in [-0.2, -0.15) is 0 Å². The van der Waals surface area contributed by atoms with E-state index in [1.807, 2.05) is 12.1 Å². The third-order valence-electron chi connectivity index (χ3n) is 4.08. The summed E-state index contributed by atoms with van der Waals surface area (Å²) in [5, 5.41) is 3.37. The first-order chi connectivity index (χ1) is 11.4. The zero-order chi connectivity index (χ0) is 17.6. The van der Waals surface area contributed by atoms with E-state index in [2.05, 4.69) is 5.32 Å². The molecule has 1 aliphatic rings. The van der Waals surface area contributed by atoms with Gasteiger partial charge in [-0.1, -0.05) is 23.7 Å². The first kappa shape index (κ1) is 19.0. The summed E-state index contributed by atoms with van der Waals surface area (Å²) >= 11 is 5.98. The molecule has 0 unspecified atom stereocenters. The number of hydrogen-bond acceptors (Lipinski definition) is 4. The van der Waals surface area contributed by atoms with Crippen molar-refractivity contribution in [2.75, 3.05) is 32.0 Å². The van der Waals surface area contributed by atoms with E-state index in [0.29, 0.717) is 49.9 Å². The molecule has 1 aromatic carbocycles. The third kappa shape index (κ3) is 5.09. The molecule has 0 saturated carbocycles. The number of sulfonamides is 1. The molecule has 0 bridgehead atoms. The van der Waals surface area contributed by atoms with Crippen LogP contribution in [-0.4, -0.2) is 50.6 Å². The Hall–Kier alpha value is -1.31. The molecule has 1 aromatic rings. The Balaban J connectivity index is 1.70. The van der Waals surface area contributed by atoms with Crippen molar-refractivity contribution in [1.82, 2.24) is 9.62 Å². The number of rotatable bonds is 7. The predicted molar refractivity (Wildman–Crippen MR) is 93.7 cm³/mol. The van der Waals surface area contributed by atoms with Crippen LogP contribution in [0.15, 0.2) is 24.3 Å². The third-order valence-corrected chi connectivity index (χ3v) is 6.27. The van der Waals surface area contributed by atoms with E-state index in [-0.39, 0.29) is 17.6 Å². The first-order valence-corrected chi connectivity index (χ1v) is 10.1. The molecular formula is C16H23ClN2O4S. The summed E-state index contributed by atoms with van der Waals surface area (Å²) in [6.45, 7) is 3.16. The largest absolute Gasteiger partial charge is 0.490 e. The lowest BCUT2D eigenvalue weighted by Crippen LogP contribution is -2.44. The maximum Gasteiger partial charge on any atom is 0.223 e. The molecule has 1 aliphatic heterocycles. The SMILES string of the molecule is CCS(=O)(=O)N1CCC(C(=O)NCCOc2ccccc2Cl)CC1. The summed E-state index contributed by atoms with van der Waals surface area (Å²) in [5.41, 5.74) is 0. The Morgan fingerprint density at radius 1 is 1.33 bits per heavy atom. The van der Waals surface area contributed by atoms with Gasteiger partial charge in [-0.15, -0.1) is 0 Å². The average molecular weight is 375 g/mol. The molecule has 0 radical (unpaired) electrons. The van der Waals surface area contributed by atoms with Crippen molar-refractivity contribution < 1.29 is 17.9 Å². The van der Waals surface area contributed by atoms with Gasteiger partial charge in [-0.3, -0.25) is 4.79 Å². The number of para-hydroxylation sites is 1. The van der Waals surface area contributed by atoms with Crippen molar-refractivity contribution in [2.24, 2.45) is 5.92 Å². The van der Waals surface area contributed by atoms with Gasteiger partial charge in [-0.25, -0.2) is 12.7 Å². The minimum absolute atomic E-state index is 0.0497. The van der Waals surface area contributed by atoms with E-state index in [1.54, 1.807) is 19.1 Å². The molecule has 2 rings (SSSR count). The highest BCUT2D eigenvalue weighted by atomic mass is 35.5. The number of hydrogen-bond donors (Lipinski definition) is 1. The quantitative estimate of drug-likeness (QED) is 0.739. The smallest absolute Gasteiger partial charge is 0.223 e. The minimum Gasteiger partial charge on any atom is -0.490 e. The zero-order valence-corrected chi connectivity index (χ0v) is 15.3. The van der Waals surface area contributed by atoms with E-state index in [1.165, 1.54) is 4.31 Å². The van der Waals surface area contributed by atoms with Crippen LogP contribution >= 0.6 is 11.6 Å². The molecule has 1 N–H and O–H groups in total. The van der Waals surface area contributed by atoms with Gasteiger partial charge >= 0.3 is 0 Å². The number of carbonyl (C=O) groups is 1. The summed E-state index contributed by atoms with van der Waals surface area (Å²) in [6.07, 6.45) is 1.10. The van der Waals surface area contributed by atoms with Gasteiger partial charge in [-0.05, 0) is 31.9 Å². The zero-order valence-electron chi connectivity index (χ0n) is 13.7. The molecular weight excluding hydrogens is 352 g/mol. The number of amides is 1. The molecule has 1 heterocycles. The van der Waals surface area contributed by atoms with Crippen LogP contribution < -0.4 is 10.1 Å². The average Bonchev–Trinajstić information content (AvgIpc) is 2.60. The van der Waals surface area contributed by atoms with E-state index in [0.717, 1.165) is 0 Å². The molecule has 0 aliphatic carbocycles. The van der Waals surface area contributed by atoms with Crippen molar-refractivity contribution in [3.63, 3.8) is 0 Å². The Morgan fingerprint density at radius 2 is 2.00 bits per heavy atom. The fourth-order valence-electron chi connectivity index (χ4n) is 2.62. The van der Waals surface area contributed by atoms with Crippen molar-refractivity contribution in [3.8, 4) is 5.75 Å². The van der Waals surface area contributed by atoms with Gasteiger partial charge in [0.2, 0.25) is 15.9 Å². The Kier molecular flexibility index (Phi) is 6.89. The van der Waals surface area contributed by atoms with E-state index in [9.17, 15) is 13.2 Å². The lowest BCUT2D eigenvalue weighted by molar-refractivity contribution is -0.126. The maximum absolute atomic E-state index is 12.1. The number of carbonyl (C=O) groups excluding carboxylic acids is 1. The molecule has 0 atom stereocenters. The monoisotopic (exact) mass is 374 g/mol. The van der Waals surface area contributed by atoms with Crippen LogP contribution in [0.4, 0.5) is 0 Å². The van der Waals surface area contributed by atoms with Crippen LogP contribution in [0, 0.1) is 5.92 Å². The van der Waals surface area contributed by atoms with Gasteiger partial charge in [0.25, 0.3) is 0 Å². The highest BCUT2D eigenvalue weighted by Gasteiger charge is 2.29. The van der Waals surface area contributed by atoms with E-state index < -0.39 is 10.0 Å². The molecule has 1 saturated heterocycles. The minimum atomic E-state index is -3.16. The van der Waals surface area contributed by atoms with Crippen molar-refractivity contribution in [1.29, 1.82) is 0 Å². The normalized spacial score (nSPS) is 16.8. The second-order valence-electron chi connectivity index (χ2n) is 5.64. The predicted octanol–water partition coefficient (Wildman–Crippen LogP) is 1.90. The van der Waals surface area contributed by atoms with Gasteiger partial charge in [0, 0.05) is 19.0 Å². The van der Waals surface area contributed by atoms with Crippen molar-refractivity contribution in [3.05, 3.63) is 29.3 Å². The standard InChI is InChI=1S/C16H23ClN2O4S/c1-2-24(21,22)19-10-7-13(8-11-19)16(20)18-9-12-23-15-6-4-3-5-14(15)17/h3-6,13H,2,7-12H2,1H3,(H,18,20). The molecule has 1 fully saturated rings. The number of nitrogens with one attached hydrogen (secondary N) is 1. The van der Waals surface area contributed by atoms with Gasteiger partial charge in [0.1, 0.15) is 12.4 Å². The van der Waals surface area contributed by atoms with Gasteiger partial charge < -0.3 is 10.1 Å². The lowest BCUT2D eigenvalue weighted by Gasteiger charge is -2.30. The number of piperidine rings is 1. The van der Waals surface area contributed by atoms with Crippen molar-refractivity contribution in [2.45, 2.75) is 19.8 Å². The molecule has 8 heteroatoms. The number of benzene rings is 1. The van der Waals surface area contributed by atoms with Crippen LogP contribution in [-0.2, 0) is 14.8 Å². The van der Waals surface area contributed by atoms with Crippen molar-refractivity contribution >= 4 is 27.5 Å². The van der Waals surface area contributed by atoms with Crippen LogP contribution in [0.5, 0.6) is 5.75 Å². The van der Waals surface area contributed by atoms with Crippen LogP contribution in [0.2, 0.25) is 5.02 Å². The molecule has 0 aromatic heterocycles. The Morgan fingerprint density at radius 3 is 2.62 bits per heavy atom. The summed E-state index contributed by atoms with van der Waals surface area (Å²) in [6, 6.07) is 7.17. The summed E-state index contributed by atoms with van der Waals surface area (Å²) < 4.78 is 30.6. The highest BCUT2D eigenvalue weighted by Crippen LogP contribution is 2.23. The summed E-state index contributed by atoms with van der Waals surface area (Å²) in [5.74, 6) is 0.495. The number of halogens is 1. The number of nitrogens with zero attached hydrogens (tertiary/aromatic N) is 1. The molecule has 0 spiro atoms. The maximum atomic E-state index is 12.1. The van der Waals surface area contributed by atoms with E-state index in [4.69, 9.17) is 16.3 Å². The van der Waals surface area contributed by atoms with Crippen LogP contribution in [0.25, 0.3) is 0 Å². The van der Waals surface area contributed by atoms with E-state index >= 15 is 0 Å². The molecule has 1 amide bonds. The molecule has 134 valence electrons. The summed E-state index contributed by atoms with van der Waals surface area (Å²) in [4.78, 5) is 12.1. The second-order valence-corrected chi connectivity index (χ2v) is 8.31. The Labute approximate surface area is 148 Å². The van der Waals surface area contributed by atoms with Gasteiger partial charge in [0.15, 0.2) is 0 Å². The summed E-state index contributed by atoms with van der Waals surface area (Å²) in [7, 11) is -3.16. The van der Waals surface area contributed by atoms with Crippen LogP contribution in [0.3, 0.4) is 0 Å². The highest BCUT2D eigenvalue weighted by molar-refractivity contribution is 7.89. The Bertz CT molecular complexity index is 658. The number of ether oxygens (including phenoxy) is 1. The lowest BCUT2D eigenvalue weighted by atomic mass is 9.97. The molecule has 6 nitrogen and oxygen atoms in total. The van der Waals surface area contributed by atoms with Crippen LogP contribution in [0.1, 0.15) is 19.8 Å². The topological polar surface area (TPSA) is 75.7 Å². The fourth-order valence-corrected chi connectivity index (χ4v) is 3.94. The van der Waals surface area contributed by atoms with Gasteiger partial charge in [0.05, 0.1) is 17.3 Å². The second kappa shape index (κ2) is 8.69. The first-order valence-electron chi connectivity index (χ1n) is 8.07. The fraction of sp³-hybridized carbons (Fsp3) is 0.562.